The molecule has 0 aliphatic carbocycles. The van der Waals surface area contributed by atoms with Crippen molar-refractivity contribution in [2.75, 3.05) is 14.2 Å². The van der Waals surface area contributed by atoms with Crippen LogP contribution in [0.25, 0.3) is 0 Å². The van der Waals surface area contributed by atoms with Crippen molar-refractivity contribution in [1.82, 2.24) is 5.43 Å². The molecule has 0 aliphatic heterocycles. The van der Waals surface area contributed by atoms with E-state index in [0.29, 0.717) is 0 Å². The third-order valence-corrected chi connectivity index (χ3v) is 3.31. The van der Waals surface area contributed by atoms with Crippen LogP contribution >= 0.6 is 0 Å². The fraction of sp³-hybridized carbons (Fsp3) is 0.600. The summed E-state index contributed by atoms with van der Waals surface area (Å²) >= 11 is 0. The summed E-state index contributed by atoms with van der Waals surface area (Å²) in [6, 6.07) is 5.94. The van der Waals surface area contributed by atoms with Crippen molar-refractivity contribution < 1.29 is 9.47 Å². The van der Waals surface area contributed by atoms with Gasteiger partial charge in [0.05, 0.1) is 19.3 Å². The van der Waals surface area contributed by atoms with E-state index in [-0.39, 0.29) is 17.6 Å². The number of ether oxygens (including phenoxy) is 2. The molecular weight excluding hydrogens is 240 g/mol. The highest BCUT2D eigenvalue weighted by molar-refractivity contribution is 5.40. The minimum absolute atomic E-state index is 0.0411. The number of methoxy groups -OCH3 is 2. The molecular formula is C15H26N2O2. The highest BCUT2D eigenvalue weighted by Gasteiger charge is 2.34. The fourth-order valence-corrected chi connectivity index (χ4v) is 2.43. The molecule has 4 nitrogen and oxygen atoms in total. The molecule has 0 spiro atoms. The Morgan fingerprint density at radius 1 is 1.21 bits per heavy atom. The van der Waals surface area contributed by atoms with E-state index >= 15 is 0 Å². The summed E-state index contributed by atoms with van der Waals surface area (Å²) < 4.78 is 11.1. The minimum atomic E-state index is -0.125. The number of benzene rings is 1. The van der Waals surface area contributed by atoms with E-state index in [1.807, 2.05) is 12.1 Å². The smallest absolute Gasteiger partial charge is 0.123 e. The number of hydrogen-bond acceptors (Lipinski definition) is 4. The molecule has 0 aliphatic rings. The standard InChI is InChI=1S/C15H26N2O2/c1-10-7-8-12(18-5)11(9-10)13(17-16)14(19-6)15(2,3)4/h7-9,13-14,17H,16H2,1-6H3. The highest BCUT2D eigenvalue weighted by Crippen LogP contribution is 2.36. The largest absolute Gasteiger partial charge is 0.496 e. The molecule has 4 heteroatoms. The van der Waals surface area contributed by atoms with Crippen molar-refractivity contribution in [2.24, 2.45) is 11.3 Å². The molecule has 19 heavy (non-hydrogen) atoms. The van der Waals surface area contributed by atoms with Gasteiger partial charge in [-0.2, -0.15) is 0 Å². The Morgan fingerprint density at radius 2 is 1.84 bits per heavy atom. The zero-order valence-electron chi connectivity index (χ0n) is 12.8. The van der Waals surface area contributed by atoms with Gasteiger partial charge in [0.2, 0.25) is 0 Å². The molecule has 3 N–H and O–H groups in total. The summed E-state index contributed by atoms with van der Waals surface area (Å²) in [4.78, 5) is 0. The summed E-state index contributed by atoms with van der Waals surface area (Å²) in [5.74, 6) is 6.59. The Balaban J connectivity index is 3.25. The molecule has 1 aromatic carbocycles. The number of aryl methyl sites for hydroxylation is 1. The molecule has 0 aromatic heterocycles. The number of rotatable bonds is 5. The molecule has 0 bridgehead atoms. The van der Waals surface area contributed by atoms with Crippen LogP contribution < -0.4 is 16.0 Å². The normalized spacial score (nSPS) is 15.1. The van der Waals surface area contributed by atoms with Crippen LogP contribution in [0.15, 0.2) is 18.2 Å². The molecule has 1 rings (SSSR count). The maximum Gasteiger partial charge on any atom is 0.123 e. The first-order valence-corrected chi connectivity index (χ1v) is 6.48. The second-order valence-corrected chi connectivity index (χ2v) is 5.91. The van der Waals surface area contributed by atoms with E-state index in [4.69, 9.17) is 15.3 Å². The molecule has 2 unspecified atom stereocenters. The third kappa shape index (κ3) is 3.69. The molecule has 1 aromatic rings. The highest BCUT2D eigenvalue weighted by atomic mass is 16.5. The van der Waals surface area contributed by atoms with Crippen molar-refractivity contribution >= 4 is 0 Å². The zero-order chi connectivity index (χ0) is 14.6. The lowest BCUT2D eigenvalue weighted by Gasteiger charge is -2.36. The minimum Gasteiger partial charge on any atom is -0.496 e. The van der Waals surface area contributed by atoms with Crippen LogP contribution in [0, 0.1) is 12.3 Å². The zero-order valence-corrected chi connectivity index (χ0v) is 12.8. The Labute approximate surface area is 116 Å². The van der Waals surface area contributed by atoms with Crippen LogP contribution in [-0.4, -0.2) is 20.3 Å². The number of nitrogens with one attached hydrogen (secondary N) is 1. The lowest BCUT2D eigenvalue weighted by Crippen LogP contribution is -2.44. The maximum atomic E-state index is 5.77. The van der Waals surface area contributed by atoms with Crippen LogP contribution in [-0.2, 0) is 4.74 Å². The summed E-state index contributed by atoms with van der Waals surface area (Å²) in [6.45, 7) is 8.45. The summed E-state index contributed by atoms with van der Waals surface area (Å²) in [5.41, 5.74) is 5.02. The summed E-state index contributed by atoms with van der Waals surface area (Å²) in [7, 11) is 3.38. The lowest BCUT2D eigenvalue weighted by molar-refractivity contribution is -0.0125. The Kier molecular flexibility index (Phi) is 5.35. The van der Waals surface area contributed by atoms with Crippen molar-refractivity contribution in [3.63, 3.8) is 0 Å². The molecule has 0 fully saturated rings. The lowest BCUT2D eigenvalue weighted by atomic mass is 9.81. The van der Waals surface area contributed by atoms with E-state index in [0.717, 1.165) is 11.3 Å². The van der Waals surface area contributed by atoms with E-state index in [2.05, 4.69) is 39.2 Å². The van der Waals surface area contributed by atoms with Crippen molar-refractivity contribution in [3.8, 4) is 5.75 Å². The molecule has 0 radical (unpaired) electrons. The van der Waals surface area contributed by atoms with Crippen LogP contribution in [0.5, 0.6) is 5.75 Å². The van der Waals surface area contributed by atoms with Crippen molar-refractivity contribution in [1.29, 1.82) is 0 Å². The van der Waals surface area contributed by atoms with Crippen LogP contribution in [0.3, 0.4) is 0 Å². The molecule has 0 heterocycles. The van der Waals surface area contributed by atoms with Gasteiger partial charge in [-0.1, -0.05) is 38.5 Å². The van der Waals surface area contributed by atoms with Crippen LogP contribution in [0.2, 0.25) is 0 Å². The summed E-state index contributed by atoms with van der Waals surface area (Å²) in [6.07, 6.45) is -0.0619. The monoisotopic (exact) mass is 266 g/mol. The van der Waals surface area contributed by atoms with Gasteiger partial charge in [0, 0.05) is 12.7 Å². The van der Waals surface area contributed by atoms with Crippen LogP contribution in [0.1, 0.15) is 37.9 Å². The van der Waals surface area contributed by atoms with Gasteiger partial charge in [-0.3, -0.25) is 11.3 Å². The molecule has 0 amide bonds. The first-order valence-electron chi connectivity index (χ1n) is 6.48. The van der Waals surface area contributed by atoms with Gasteiger partial charge < -0.3 is 9.47 Å². The predicted octanol–water partition coefficient (Wildman–Crippen LogP) is 2.57. The Bertz CT molecular complexity index is 413. The molecule has 0 saturated heterocycles. The molecule has 108 valence electrons. The third-order valence-electron chi connectivity index (χ3n) is 3.31. The van der Waals surface area contributed by atoms with E-state index in [1.165, 1.54) is 5.56 Å². The quantitative estimate of drug-likeness (QED) is 0.635. The Hall–Kier alpha value is -1.10. The van der Waals surface area contributed by atoms with Gasteiger partial charge >= 0.3 is 0 Å². The second kappa shape index (κ2) is 6.37. The van der Waals surface area contributed by atoms with Gasteiger partial charge in [0.25, 0.3) is 0 Å². The van der Waals surface area contributed by atoms with Crippen molar-refractivity contribution in [3.05, 3.63) is 29.3 Å². The number of hydrazine groups is 1. The van der Waals surface area contributed by atoms with Crippen LogP contribution in [0.4, 0.5) is 0 Å². The second-order valence-electron chi connectivity index (χ2n) is 5.91. The maximum absolute atomic E-state index is 5.77. The van der Waals surface area contributed by atoms with Gasteiger partial charge in [-0.15, -0.1) is 0 Å². The average Bonchev–Trinajstić information content (AvgIpc) is 2.34. The van der Waals surface area contributed by atoms with Gasteiger partial charge in [0.15, 0.2) is 0 Å². The van der Waals surface area contributed by atoms with Gasteiger partial charge in [0.1, 0.15) is 5.75 Å². The SMILES string of the molecule is COc1ccc(C)cc1C(NN)C(OC)C(C)(C)C. The molecule has 2 atom stereocenters. The summed E-state index contributed by atoms with van der Waals surface area (Å²) in [5, 5.41) is 0. The first-order chi connectivity index (χ1) is 8.85. The van der Waals surface area contributed by atoms with Gasteiger partial charge in [-0.05, 0) is 18.4 Å². The number of hydrogen-bond donors (Lipinski definition) is 2. The fourth-order valence-electron chi connectivity index (χ4n) is 2.43. The first kappa shape index (κ1) is 16.0. The van der Waals surface area contributed by atoms with E-state index in [1.54, 1.807) is 14.2 Å². The predicted molar refractivity (Wildman–Crippen MR) is 78.0 cm³/mol. The Morgan fingerprint density at radius 3 is 2.26 bits per heavy atom. The average molecular weight is 266 g/mol. The molecule has 0 saturated carbocycles. The van der Waals surface area contributed by atoms with Gasteiger partial charge in [-0.25, -0.2) is 0 Å². The van der Waals surface area contributed by atoms with E-state index < -0.39 is 0 Å². The van der Waals surface area contributed by atoms with E-state index in [9.17, 15) is 0 Å². The number of nitrogens with two attached hydrogens (primary N) is 1. The van der Waals surface area contributed by atoms with Crippen molar-refractivity contribution in [2.45, 2.75) is 39.8 Å². The topological polar surface area (TPSA) is 56.5 Å².